The Morgan fingerprint density at radius 2 is 1.93 bits per heavy atom. The average molecular weight is 400 g/mol. The van der Waals surface area contributed by atoms with E-state index in [-0.39, 0.29) is 23.1 Å². The second-order valence-electron chi connectivity index (χ2n) is 7.26. The summed E-state index contributed by atoms with van der Waals surface area (Å²) in [4.78, 5) is 25.0. The Morgan fingerprint density at radius 1 is 1.21 bits per heavy atom. The van der Waals surface area contributed by atoms with Gasteiger partial charge in [0.1, 0.15) is 17.3 Å². The van der Waals surface area contributed by atoms with Gasteiger partial charge in [0.2, 0.25) is 0 Å². The molecule has 2 unspecified atom stereocenters. The van der Waals surface area contributed by atoms with Crippen molar-refractivity contribution < 1.29 is 19.7 Å². The molecule has 0 aliphatic heterocycles. The molecule has 0 saturated heterocycles. The zero-order chi connectivity index (χ0) is 20.5. The summed E-state index contributed by atoms with van der Waals surface area (Å²) in [5.41, 5.74) is 0.279. The highest BCUT2D eigenvalue weighted by molar-refractivity contribution is 5.70. The minimum absolute atomic E-state index is 0.155. The van der Waals surface area contributed by atoms with E-state index in [9.17, 15) is 15.0 Å². The zero-order valence-corrected chi connectivity index (χ0v) is 16.3. The molecule has 0 radical (unpaired) electrons. The van der Waals surface area contributed by atoms with Crippen LogP contribution in [-0.2, 0) is 6.54 Å². The molecule has 1 aromatic carbocycles. The molecule has 9 nitrogen and oxygen atoms in total. The largest absolute Gasteiger partial charge is 0.497 e. The van der Waals surface area contributed by atoms with Crippen LogP contribution in [0.1, 0.15) is 37.9 Å². The van der Waals surface area contributed by atoms with Crippen molar-refractivity contribution in [3.8, 4) is 17.5 Å². The van der Waals surface area contributed by atoms with E-state index in [4.69, 9.17) is 9.47 Å². The van der Waals surface area contributed by atoms with Gasteiger partial charge in [0.15, 0.2) is 11.2 Å². The first-order chi connectivity index (χ1) is 14.0. The molecule has 2 heterocycles. The smallest absolute Gasteiger partial charge is 0.306 e. The number of imidazole rings is 1. The highest BCUT2D eigenvalue weighted by Gasteiger charge is 2.34. The summed E-state index contributed by atoms with van der Waals surface area (Å²) in [5, 5.41) is 19.6. The first kappa shape index (κ1) is 19.4. The van der Waals surface area contributed by atoms with Crippen molar-refractivity contribution in [2.75, 3.05) is 7.11 Å². The van der Waals surface area contributed by atoms with Crippen LogP contribution in [0.5, 0.6) is 17.5 Å². The van der Waals surface area contributed by atoms with Crippen LogP contribution in [0.15, 0.2) is 29.1 Å². The third-order valence-corrected chi connectivity index (χ3v) is 5.17. The number of fused-ring (bicyclic) bond motifs is 1. The van der Waals surface area contributed by atoms with Crippen molar-refractivity contribution in [1.29, 1.82) is 0 Å². The van der Waals surface area contributed by atoms with Gasteiger partial charge >= 0.3 is 6.01 Å². The van der Waals surface area contributed by atoms with Gasteiger partial charge in [-0.1, -0.05) is 13.0 Å². The van der Waals surface area contributed by atoms with E-state index in [1.165, 1.54) is 4.57 Å². The fraction of sp³-hybridized carbons (Fsp3) is 0.450. The Balaban J connectivity index is 1.75. The number of hydrogen-bond acceptors (Lipinski definition) is 7. The molecule has 3 N–H and O–H groups in total. The summed E-state index contributed by atoms with van der Waals surface area (Å²) < 4.78 is 12.6. The molecule has 0 amide bonds. The highest BCUT2D eigenvalue weighted by Crippen LogP contribution is 2.34. The summed E-state index contributed by atoms with van der Waals surface area (Å²) in [7, 11) is 1.57. The van der Waals surface area contributed by atoms with Crippen LogP contribution < -0.4 is 15.0 Å². The lowest BCUT2D eigenvalue weighted by atomic mass is 10.1. The van der Waals surface area contributed by atoms with Crippen LogP contribution in [0.2, 0.25) is 0 Å². The number of hydrogen-bond donors (Lipinski definition) is 3. The SMILES string of the molecule is CCCn1c(Oc2cccc(OC)c2)nc2nc(C3CC(O)C(O)C3)[nH]c2c1=O. The van der Waals surface area contributed by atoms with Gasteiger partial charge in [0.05, 0.1) is 19.3 Å². The van der Waals surface area contributed by atoms with Crippen molar-refractivity contribution in [3.05, 3.63) is 40.4 Å². The number of nitrogens with one attached hydrogen (secondary N) is 1. The summed E-state index contributed by atoms with van der Waals surface area (Å²) >= 11 is 0. The van der Waals surface area contributed by atoms with Gasteiger partial charge in [0, 0.05) is 18.5 Å². The van der Waals surface area contributed by atoms with Crippen molar-refractivity contribution in [2.24, 2.45) is 0 Å². The Kier molecular flexibility index (Phi) is 5.25. The maximum absolute atomic E-state index is 13.1. The molecular formula is C20H24N4O5. The molecule has 1 saturated carbocycles. The second-order valence-corrected chi connectivity index (χ2v) is 7.26. The normalized spacial score (nSPS) is 21.6. The molecule has 9 heteroatoms. The molecule has 2 aromatic heterocycles. The number of nitrogens with zero attached hydrogens (tertiary/aromatic N) is 3. The van der Waals surface area contributed by atoms with Crippen molar-refractivity contribution in [2.45, 2.75) is 50.9 Å². The quantitative estimate of drug-likeness (QED) is 0.578. The van der Waals surface area contributed by atoms with Gasteiger partial charge in [-0.2, -0.15) is 4.98 Å². The summed E-state index contributed by atoms with van der Waals surface area (Å²) in [6.45, 7) is 2.40. The molecule has 2 atom stereocenters. The predicted molar refractivity (Wildman–Crippen MR) is 105 cm³/mol. The number of benzene rings is 1. The molecule has 3 aromatic rings. The first-order valence-corrected chi connectivity index (χ1v) is 9.68. The third-order valence-electron chi connectivity index (χ3n) is 5.17. The summed E-state index contributed by atoms with van der Waals surface area (Å²) in [5.74, 6) is 1.52. The number of H-pyrrole nitrogens is 1. The Hall–Kier alpha value is -2.91. The molecule has 1 aliphatic carbocycles. The van der Waals surface area contributed by atoms with Gasteiger partial charge in [-0.3, -0.25) is 9.36 Å². The summed E-state index contributed by atoms with van der Waals surface area (Å²) in [6, 6.07) is 7.21. The van der Waals surface area contributed by atoms with E-state index in [0.29, 0.717) is 42.2 Å². The number of rotatable bonds is 6. The molecule has 0 bridgehead atoms. The van der Waals surface area contributed by atoms with Crippen LogP contribution >= 0.6 is 0 Å². The lowest BCUT2D eigenvalue weighted by Gasteiger charge is -2.12. The van der Waals surface area contributed by atoms with E-state index < -0.39 is 12.2 Å². The standard InChI is InChI=1S/C20H24N4O5/c1-3-7-24-19(27)16-18(22-17(21-16)11-8-14(25)15(26)9-11)23-20(24)29-13-6-4-5-12(10-13)28-2/h4-6,10-11,14-15,25-26H,3,7-9H2,1-2H3,(H,21,22). The van der Waals surface area contributed by atoms with Gasteiger partial charge in [-0.15, -0.1) is 0 Å². The molecule has 1 aliphatic rings. The Bertz CT molecular complexity index is 1070. The Morgan fingerprint density at radius 3 is 2.62 bits per heavy atom. The fourth-order valence-electron chi connectivity index (χ4n) is 3.66. The van der Waals surface area contributed by atoms with Crippen LogP contribution in [-0.4, -0.2) is 49.0 Å². The monoisotopic (exact) mass is 400 g/mol. The topological polar surface area (TPSA) is 122 Å². The van der Waals surface area contributed by atoms with Crippen LogP contribution in [0.4, 0.5) is 0 Å². The Labute approximate surface area is 167 Å². The third kappa shape index (κ3) is 3.70. The lowest BCUT2D eigenvalue weighted by molar-refractivity contribution is 0.0438. The molecular weight excluding hydrogens is 376 g/mol. The van der Waals surface area contributed by atoms with Crippen molar-refractivity contribution in [1.82, 2.24) is 19.5 Å². The van der Waals surface area contributed by atoms with Crippen LogP contribution in [0.25, 0.3) is 11.2 Å². The number of methoxy groups -OCH3 is 1. The van der Waals surface area contributed by atoms with Gasteiger partial charge < -0.3 is 24.7 Å². The molecule has 0 spiro atoms. The highest BCUT2D eigenvalue weighted by atomic mass is 16.5. The minimum atomic E-state index is -0.787. The number of aromatic amines is 1. The number of aliphatic hydroxyl groups is 2. The van der Waals surface area contributed by atoms with E-state index in [0.717, 1.165) is 6.42 Å². The first-order valence-electron chi connectivity index (χ1n) is 9.68. The average Bonchev–Trinajstić information content (AvgIpc) is 3.28. The zero-order valence-electron chi connectivity index (χ0n) is 16.3. The van der Waals surface area contributed by atoms with Crippen LogP contribution in [0.3, 0.4) is 0 Å². The van der Waals surface area contributed by atoms with Gasteiger partial charge in [0.25, 0.3) is 5.56 Å². The van der Waals surface area contributed by atoms with Crippen molar-refractivity contribution >= 4 is 11.2 Å². The van der Waals surface area contributed by atoms with E-state index in [1.807, 2.05) is 6.92 Å². The predicted octanol–water partition coefficient (Wildman–Crippen LogP) is 1.93. The maximum atomic E-state index is 13.1. The van der Waals surface area contributed by atoms with E-state index in [2.05, 4.69) is 15.0 Å². The maximum Gasteiger partial charge on any atom is 0.306 e. The molecule has 4 rings (SSSR count). The molecule has 29 heavy (non-hydrogen) atoms. The van der Waals surface area contributed by atoms with Crippen molar-refractivity contribution in [3.63, 3.8) is 0 Å². The fourth-order valence-corrected chi connectivity index (χ4v) is 3.66. The summed E-state index contributed by atoms with van der Waals surface area (Å²) in [6.07, 6.45) is -0.0761. The van der Waals surface area contributed by atoms with Crippen LogP contribution in [0, 0.1) is 0 Å². The number of aromatic nitrogens is 4. The molecule has 1 fully saturated rings. The van der Waals surface area contributed by atoms with Gasteiger partial charge in [-0.25, -0.2) is 4.98 Å². The van der Waals surface area contributed by atoms with E-state index in [1.54, 1.807) is 31.4 Å². The lowest BCUT2D eigenvalue weighted by Crippen LogP contribution is -2.23. The minimum Gasteiger partial charge on any atom is -0.497 e. The number of aliphatic hydroxyl groups excluding tert-OH is 2. The van der Waals surface area contributed by atoms with Gasteiger partial charge in [-0.05, 0) is 31.4 Å². The molecule has 154 valence electrons. The second kappa shape index (κ2) is 7.84. The number of ether oxygens (including phenoxy) is 2. The van der Waals surface area contributed by atoms with E-state index >= 15 is 0 Å².